The molecule has 0 fully saturated rings. The van der Waals surface area contributed by atoms with Crippen molar-refractivity contribution in [3.8, 4) is 0 Å². The van der Waals surface area contributed by atoms with Crippen LogP contribution in [0, 0.1) is 10.1 Å². The number of nitrogens with zero attached hydrogens (tertiary/aromatic N) is 2. The molecule has 11 heteroatoms. The van der Waals surface area contributed by atoms with E-state index >= 15 is 0 Å². The van der Waals surface area contributed by atoms with Crippen molar-refractivity contribution in [3.05, 3.63) is 63.7 Å². The van der Waals surface area contributed by atoms with Crippen molar-refractivity contribution in [2.75, 3.05) is 11.9 Å². The first-order valence-electron chi connectivity index (χ1n) is 7.76. The highest BCUT2D eigenvalue weighted by atomic mass is 32.2. The number of nitro benzene ring substituents is 1. The normalized spacial score (nSPS) is 13.0. The second kappa shape index (κ2) is 7.72. The van der Waals surface area contributed by atoms with Crippen LogP contribution in [0.3, 0.4) is 0 Å². The summed E-state index contributed by atoms with van der Waals surface area (Å²) in [6.45, 7) is -0.642. The van der Waals surface area contributed by atoms with Crippen LogP contribution in [0.5, 0.6) is 0 Å². The summed E-state index contributed by atoms with van der Waals surface area (Å²) < 4.78 is 24.6. The lowest BCUT2D eigenvalue weighted by atomic mass is 10.1. The number of anilines is 1. The Hall–Kier alpha value is -3.34. The molecule has 0 radical (unpaired) electrons. The molecule has 0 saturated carbocycles. The lowest BCUT2D eigenvalue weighted by Gasteiger charge is -2.13. The summed E-state index contributed by atoms with van der Waals surface area (Å²) in [4.78, 5) is 48.2. The lowest BCUT2D eigenvalue weighted by molar-refractivity contribution is -0.385. The summed E-state index contributed by atoms with van der Waals surface area (Å²) in [5, 5.41) is 13.5. The summed E-state index contributed by atoms with van der Waals surface area (Å²) in [5.74, 6) is -5.02. The zero-order chi connectivity index (χ0) is 20.4. The number of nitrogens with one attached hydrogen (secondary N) is 1. The molecule has 3 amide bonds. The van der Waals surface area contributed by atoms with Gasteiger partial charge in [0.05, 0.1) is 10.5 Å². The van der Waals surface area contributed by atoms with E-state index in [-0.39, 0.29) is 16.8 Å². The van der Waals surface area contributed by atoms with Crippen LogP contribution in [0.25, 0.3) is 0 Å². The van der Waals surface area contributed by atoms with Gasteiger partial charge in [-0.15, -0.1) is 0 Å². The van der Waals surface area contributed by atoms with Gasteiger partial charge in [-0.1, -0.05) is 17.8 Å². The number of halogens is 2. The second-order valence-corrected chi connectivity index (χ2v) is 6.67. The SMILES string of the molecule is O=C(CN1C(=O)c2cccc([N+](=O)[O-])c2C1=O)Nc1ccc(SC(F)F)cc1. The first kappa shape index (κ1) is 19.4. The molecular weight excluding hydrogens is 396 g/mol. The average Bonchev–Trinajstić information content (AvgIpc) is 2.88. The molecule has 1 aliphatic rings. The van der Waals surface area contributed by atoms with Gasteiger partial charge in [-0.25, -0.2) is 0 Å². The third-order valence-corrected chi connectivity index (χ3v) is 4.56. The molecule has 0 bridgehead atoms. The number of thioether (sulfide) groups is 1. The molecule has 3 rings (SSSR count). The number of carbonyl (C=O) groups is 3. The average molecular weight is 407 g/mol. The maximum Gasteiger partial charge on any atom is 0.288 e. The molecule has 8 nitrogen and oxygen atoms in total. The maximum atomic E-state index is 12.4. The Bertz CT molecular complexity index is 981. The summed E-state index contributed by atoms with van der Waals surface area (Å²) >= 11 is 0.351. The molecule has 1 heterocycles. The Morgan fingerprint density at radius 2 is 1.82 bits per heavy atom. The van der Waals surface area contributed by atoms with Crippen molar-refractivity contribution in [2.45, 2.75) is 10.7 Å². The van der Waals surface area contributed by atoms with Crippen LogP contribution in [-0.4, -0.2) is 39.8 Å². The predicted octanol–water partition coefficient (Wildman–Crippen LogP) is 3.14. The highest BCUT2D eigenvalue weighted by Gasteiger charge is 2.41. The molecule has 144 valence electrons. The number of alkyl halides is 2. The lowest BCUT2D eigenvalue weighted by Crippen LogP contribution is -2.37. The van der Waals surface area contributed by atoms with E-state index in [1.165, 1.54) is 36.4 Å². The van der Waals surface area contributed by atoms with Crippen LogP contribution in [0.15, 0.2) is 47.4 Å². The Morgan fingerprint density at radius 3 is 2.43 bits per heavy atom. The molecular formula is C17H11F2N3O5S. The molecule has 1 N–H and O–H groups in total. The van der Waals surface area contributed by atoms with Crippen LogP contribution >= 0.6 is 11.8 Å². The van der Waals surface area contributed by atoms with Crippen LogP contribution in [0.1, 0.15) is 20.7 Å². The van der Waals surface area contributed by atoms with Crippen molar-refractivity contribution in [1.29, 1.82) is 0 Å². The highest BCUT2D eigenvalue weighted by Crippen LogP contribution is 2.30. The fourth-order valence-electron chi connectivity index (χ4n) is 2.68. The largest absolute Gasteiger partial charge is 0.325 e. The Labute approximate surface area is 160 Å². The van der Waals surface area contributed by atoms with Gasteiger partial charge in [-0.3, -0.25) is 29.4 Å². The maximum absolute atomic E-state index is 12.4. The first-order chi connectivity index (χ1) is 13.3. The number of amides is 3. The minimum atomic E-state index is -2.57. The zero-order valence-corrected chi connectivity index (χ0v) is 14.7. The summed E-state index contributed by atoms with van der Waals surface area (Å²) in [5.41, 5.74) is -0.712. The fraction of sp³-hybridized carbons (Fsp3) is 0.118. The molecule has 1 aliphatic heterocycles. The molecule has 0 aliphatic carbocycles. The number of carbonyl (C=O) groups excluding carboxylic acids is 3. The third-order valence-electron chi connectivity index (χ3n) is 3.84. The molecule has 0 atom stereocenters. The van der Waals surface area contributed by atoms with Crippen LogP contribution in [0.4, 0.5) is 20.2 Å². The van der Waals surface area contributed by atoms with Crippen molar-refractivity contribution in [1.82, 2.24) is 4.90 Å². The van der Waals surface area contributed by atoms with E-state index in [4.69, 9.17) is 0 Å². The smallest absolute Gasteiger partial charge is 0.288 e. The number of nitro groups is 1. The number of fused-ring (bicyclic) bond motifs is 1. The number of benzene rings is 2. The molecule has 0 saturated heterocycles. The van der Waals surface area contributed by atoms with E-state index in [2.05, 4.69) is 5.32 Å². The highest BCUT2D eigenvalue weighted by molar-refractivity contribution is 7.99. The van der Waals surface area contributed by atoms with E-state index < -0.39 is 40.6 Å². The van der Waals surface area contributed by atoms with E-state index in [9.17, 15) is 33.3 Å². The number of rotatable bonds is 6. The van der Waals surface area contributed by atoms with Gasteiger partial charge in [0.1, 0.15) is 12.1 Å². The van der Waals surface area contributed by atoms with Crippen LogP contribution in [0.2, 0.25) is 0 Å². The zero-order valence-electron chi connectivity index (χ0n) is 13.9. The number of hydrogen-bond acceptors (Lipinski definition) is 6. The number of hydrogen-bond donors (Lipinski definition) is 1. The molecule has 28 heavy (non-hydrogen) atoms. The summed E-state index contributed by atoms with van der Waals surface area (Å²) in [6.07, 6.45) is 0. The standard InChI is InChI=1S/C17H11F2N3O5S/c18-17(19)28-10-6-4-9(5-7-10)20-13(23)8-21-15(24)11-2-1-3-12(22(26)27)14(11)16(21)25/h1-7,17H,8H2,(H,20,23). The van der Waals surface area contributed by atoms with E-state index in [1.807, 2.05) is 0 Å². The molecule has 2 aromatic carbocycles. The number of imide groups is 1. The van der Waals surface area contributed by atoms with Crippen LogP contribution < -0.4 is 5.32 Å². The van der Waals surface area contributed by atoms with Crippen molar-refractivity contribution < 1.29 is 28.1 Å². The van der Waals surface area contributed by atoms with Gasteiger partial charge in [-0.05, 0) is 30.3 Å². The summed E-state index contributed by atoms with van der Waals surface area (Å²) in [7, 11) is 0. The van der Waals surface area contributed by atoms with Gasteiger partial charge >= 0.3 is 0 Å². The Morgan fingerprint density at radius 1 is 1.14 bits per heavy atom. The second-order valence-electron chi connectivity index (χ2n) is 5.60. The molecule has 0 aromatic heterocycles. The molecule has 0 spiro atoms. The van der Waals surface area contributed by atoms with Gasteiger partial charge in [0.15, 0.2) is 0 Å². The fourth-order valence-corrected chi connectivity index (χ4v) is 3.17. The third kappa shape index (κ3) is 3.83. The van der Waals surface area contributed by atoms with Crippen molar-refractivity contribution >= 4 is 40.9 Å². The minimum Gasteiger partial charge on any atom is -0.325 e. The predicted molar refractivity (Wildman–Crippen MR) is 95.4 cm³/mol. The van der Waals surface area contributed by atoms with Crippen molar-refractivity contribution in [3.63, 3.8) is 0 Å². The van der Waals surface area contributed by atoms with E-state index in [0.29, 0.717) is 21.6 Å². The van der Waals surface area contributed by atoms with E-state index in [0.717, 1.165) is 6.07 Å². The topological polar surface area (TPSA) is 110 Å². The molecule has 2 aromatic rings. The van der Waals surface area contributed by atoms with Gasteiger partial charge in [0.2, 0.25) is 5.91 Å². The van der Waals surface area contributed by atoms with Crippen LogP contribution in [-0.2, 0) is 4.79 Å². The minimum absolute atomic E-state index is 0.139. The molecule has 0 unspecified atom stereocenters. The van der Waals surface area contributed by atoms with Gasteiger partial charge in [0, 0.05) is 16.6 Å². The first-order valence-corrected chi connectivity index (χ1v) is 8.64. The van der Waals surface area contributed by atoms with Gasteiger partial charge in [0.25, 0.3) is 23.3 Å². The van der Waals surface area contributed by atoms with Crippen molar-refractivity contribution in [2.24, 2.45) is 0 Å². The van der Waals surface area contributed by atoms with Gasteiger partial charge in [-0.2, -0.15) is 8.78 Å². The Balaban J connectivity index is 1.71. The van der Waals surface area contributed by atoms with E-state index in [1.54, 1.807) is 0 Å². The van der Waals surface area contributed by atoms with Gasteiger partial charge < -0.3 is 5.32 Å². The quantitative estimate of drug-likeness (QED) is 0.341. The Kier molecular flexibility index (Phi) is 5.36. The summed E-state index contributed by atoms with van der Waals surface area (Å²) in [6, 6.07) is 9.23. The monoisotopic (exact) mass is 407 g/mol.